The maximum atomic E-state index is 6.01. The molecule has 0 fully saturated rings. The van der Waals surface area contributed by atoms with Crippen LogP contribution < -0.4 is 0 Å². The van der Waals surface area contributed by atoms with Crippen LogP contribution in [0, 0.1) is 6.42 Å². The van der Waals surface area contributed by atoms with E-state index in [1.807, 2.05) is 18.2 Å². The molecule has 0 aliphatic carbocycles. The first kappa shape index (κ1) is 10.6. The van der Waals surface area contributed by atoms with E-state index in [4.69, 9.17) is 11.6 Å². The quantitative estimate of drug-likeness (QED) is 0.608. The summed E-state index contributed by atoms with van der Waals surface area (Å²) >= 11 is 6.01. The predicted molar refractivity (Wildman–Crippen MR) is 59.0 cm³/mol. The van der Waals surface area contributed by atoms with Crippen LogP contribution in [-0.2, 0) is 0 Å². The van der Waals surface area contributed by atoms with Crippen LogP contribution in [-0.4, -0.2) is 0 Å². The minimum Gasteiger partial charge on any atom is -0.0840 e. The summed E-state index contributed by atoms with van der Waals surface area (Å²) in [6.07, 6.45) is 7.20. The molecule has 0 N–H and O–H groups in total. The fraction of sp³-hybridized carbons (Fsp3) is 0.417. The van der Waals surface area contributed by atoms with E-state index in [-0.39, 0.29) is 0 Å². The smallest absolute Gasteiger partial charge is 0.0441 e. The molecule has 0 aromatic heterocycles. The minimum atomic E-state index is 0.860. The molecule has 0 bridgehead atoms. The summed E-state index contributed by atoms with van der Waals surface area (Å²) in [7, 11) is 0. The lowest BCUT2D eigenvalue weighted by molar-refractivity contribution is 0.715. The van der Waals surface area contributed by atoms with Crippen LogP contribution in [0.25, 0.3) is 0 Å². The highest BCUT2D eigenvalue weighted by Gasteiger charge is 1.97. The van der Waals surface area contributed by atoms with Crippen LogP contribution in [0.3, 0.4) is 0 Å². The lowest BCUT2D eigenvalue weighted by atomic mass is 10.1. The summed E-state index contributed by atoms with van der Waals surface area (Å²) in [5.74, 6) is 0. The van der Waals surface area contributed by atoms with Gasteiger partial charge in [-0.15, -0.1) is 0 Å². The zero-order valence-corrected chi connectivity index (χ0v) is 8.85. The molecule has 0 aliphatic rings. The third kappa shape index (κ3) is 3.82. The van der Waals surface area contributed by atoms with Gasteiger partial charge in [0.15, 0.2) is 0 Å². The Morgan fingerprint density at radius 2 is 2.00 bits per heavy atom. The minimum absolute atomic E-state index is 0.860. The van der Waals surface area contributed by atoms with Crippen molar-refractivity contribution in [3.05, 3.63) is 41.3 Å². The standard InChI is InChI=1S/C12H16Cl/c1-2-3-4-5-8-11-9-6-7-10-12(11)13/h6-10H,2-5H2,1H3. The molecule has 0 heterocycles. The monoisotopic (exact) mass is 195 g/mol. The first-order chi connectivity index (χ1) is 6.34. The average molecular weight is 196 g/mol. The number of halogens is 1. The Morgan fingerprint density at radius 1 is 1.23 bits per heavy atom. The molecule has 0 aliphatic heterocycles. The Kier molecular flexibility index (Phi) is 4.92. The molecule has 13 heavy (non-hydrogen) atoms. The van der Waals surface area contributed by atoms with Gasteiger partial charge < -0.3 is 0 Å². The normalized spacial score (nSPS) is 10.3. The largest absolute Gasteiger partial charge is 0.0840 e. The van der Waals surface area contributed by atoms with Gasteiger partial charge in [0.1, 0.15) is 0 Å². The summed E-state index contributed by atoms with van der Waals surface area (Å²) in [5, 5.41) is 0.860. The van der Waals surface area contributed by atoms with Crippen molar-refractivity contribution in [3.63, 3.8) is 0 Å². The Bertz CT molecular complexity index is 243. The van der Waals surface area contributed by atoms with Gasteiger partial charge in [-0.2, -0.15) is 0 Å². The fourth-order valence-corrected chi connectivity index (χ4v) is 1.51. The second kappa shape index (κ2) is 6.04. The van der Waals surface area contributed by atoms with Gasteiger partial charge in [0.2, 0.25) is 0 Å². The van der Waals surface area contributed by atoms with E-state index in [2.05, 4.69) is 19.4 Å². The van der Waals surface area contributed by atoms with Crippen molar-refractivity contribution in [3.8, 4) is 0 Å². The molecule has 0 unspecified atom stereocenters. The van der Waals surface area contributed by atoms with Crippen molar-refractivity contribution >= 4 is 11.6 Å². The van der Waals surface area contributed by atoms with E-state index < -0.39 is 0 Å². The molecule has 0 spiro atoms. The van der Waals surface area contributed by atoms with Crippen LogP contribution in [0.4, 0.5) is 0 Å². The Labute approximate surface area is 85.9 Å². The topological polar surface area (TPSA) is 0 Å². The Hall–Kier alpha value is -0.490. The molecule has 71 valence electrons. The van der Waals surface area contributed by atoms with Crippen molar-refractivity contribution in [2.24, 2.45) is 0 Å². The molecule has 1 aromatic carbocycles. The first-order valence-electron chi connectivity index (χ1n) is 4.92. The second-order valence-electron chi connectivity index (χ2n) is 3.22. The van der Waals surface area contributed by atoms with Gasteiger partial charge in [-0.1, -0.05) is 56.0 Å². The lowest BCUT2D eigenvalue weighted by Crippen LogP contribution is -1.83. The fourth-order valence-electron chi connectivity index (χ4n) is 1.29. The molecule has 1 radical (unpaired) electrons. The molecule has 1 heteroatoms. The van der Waals surface area contributed by atoms with Gasteiger partial charge in [-0.25, -0.2) is 0 Å². The van der Waals surface area contributed by atoms with E-state index in [1.165, 1.54) is 24.8 Å². The molecule has 0 amide bonds. The zero-order valence-electron chi connectivity index (χ0n) is 8.09. The van der Waals surface area contributed by atoms with E-state index >= 15 is 0 Å². The van der Waals surface area contributed by atoms with Gasteiger partial charge in [0.05, 0.1) is 0 Å². The molecular weight excluding hydrogens is 180 g/mol. The van der Waals surface area contributed by atoms with Gasteiger partial charge in [-0.3, -0.25) is 0 Å². The number of hydrogen-bond acceptors (Lipinski definition) is 0. The third-order valence-electron chi connectivity index (χ3n) is 2.08. The highest BCUT2D eigenvalue weighted by atomic mass is 35.5. The van der Waals surface area contributed by atoms with Gasteiger partial charge in [0.25, 0.3) is 0 Å². The molecule has 0 nitrogen and oxygen atoms in total. The number of rotatable bonds is 5. The Balaban J connectivity index is 2.32. The van der Waals surface area contributed by atoms with Crippen molar-refractivity contribution in [1.82, 2.24) is 0 Å². The van der Waals surface area contributed by atoms with E-state index in [9.17, 15) is 0 Å². The summed E-state index contributed by atoms with van der Waals surface area (Å²) in [4.78, 5) is 0. The zero-order chi connectivity index (χ0) is 9.52. The molecule has 1 aromatic rings. The number of unbranched alkanes of at least 4 members (excludes halogenated alkanes) is 3. The van der Waals surface area contributed by atoms with E-state index in [1.54, 1.807) is 0 Å². The predicted octanol–water partition coefficient (Wildman–Crippen LogP) is 4.47. The summed E-state index contributed by atoms with van der Waals surface area (Å²) in [5.41, 5.74) is 1.17. The number of hydrogen-bond donors (Lipinski definition) is 0. The summed E-state index contributed by atoms with van der Waals surface area (Å²) < 4.78 is 0. The van der Waals surface area contributed by atoms with Gasteiger partial charge >= 0.3 is 0 Å². The van der Waals surface area contributed by atoms with Crippen LogP contribution >= 0.6 is 11.6 Å². The third-order valence-corrected chi connectivity index (χ3v) is 2.42. The average Bonchev–Trinajstić information content (AvgIpc) is 2.15. The first-order valence-corrected chi connectivity index (χ1v) is 5.30. The maximum Gasteiger partial charge on any atom is 0.0441 e. The van der Waals surface area contributed by atoms with Crippen molar-refractivity contribution in [2.45, 2.75) is 32.6 Å². The van der Waals surface area contributed by atoms with Crippen LogP contribution in [0.15, 0.2) is 24.3 Å². The number of benzene rings is 1. The molecule has 0 saturated carbocycles. The molecule has 0 saturated heterocycles. The van der Waals surface area contributed by atoms with Crippen LogP contribution in [0.5, 0.6) is 0 Å². The highest BCUT2D eigenvalue weighted by Crippen LogP contribution is 2.19. The van der Waals surface area contributed by atoms with Gasteiger partial charge in [0, 0.05) is 5.02 Å². The maximum absolute atomic E-state index is 6.01. The van der Waals surface area contributed by atoms with Crippen molar-refractivity contribution < 1.29 is 0 Å². The molecule has 0 atom stereocenters. The molecule has 1 rings (SSSR count). The Morgan fingerprint density at radius 3 is 2.69 bits per heavy atom. The van der Waals surface area contributed by atoms with Gasteiger partial charge in [-0.05, 0) is 24.5 Å². The lowest BCUT2D eigenvalue weighted by Gasteiger charge is -2.02. The van der Waals surface area contributed by atoms with Crippen LogP contribution in [0.2, 0.25) is 5.02 Å². The van der Waals surface area contributed by atoms with Crippen LogP contribution in [0.1, 0.15) is 38.2 Å². The summed E-state index contributed by atoms with van der Waals surface area (Å²) in [6.45, 7) is 2.22. The van der Waals surface area contributed by atoms with Crippen molar-refractivity contribution in [1.29, 1.82) is 0 Å². The second-order valence-corrected chi connectivity index (χ2v) is 3.63. The van der Waals surface area contributed by atoms with E-state index in [0.29, 0.717) is 0 Å². The highest BCUT2D eigenvalue weighted by molar-refractivity contribution is 6.31. The summed E-state index contributed by atoms with van der Waals surface area (Å²) in [6, 6.07) is 7.99. The van der Waals surface area contributed by atoms with Crippen molar-refractivity contribution in [2.75, 3.05) is 0 Å². The molecular formula is C12H16Cl. The van der Waals surface area contributed by atoms with E-state index in [0.717, 1.165) is 11.4 Å². The SMILES string of the molecule is CCCCC[CH]c1ccccc1Cl.